The van der Waals surface area contributed by atoms with Crippen LogP contribution in [0.5, 0.6) is 0 Å². The van der Waals surface area contributed by atoms with Gasteiger partial charge in [0.15, 0.2) is 0 Å². The van der Waals surface area contributed by atoms with Crippen LogP contribution >= 0.6 is 0 Å². The highest BCUT2D eigenvalue weighted by Gasteiger charge is 2.30. The van der Waals surface area contributed by atoms with E-state index < -0.39 is 11.7 Å². The number of benzene rings is 2. The zero-order chi connectivity index (χ0) is 23.0. The van der Waals surface area contributed by atoms with Gasteiger partial charge < -0.3 is 19.9 Å². The highest BCUT2D eigenvalue weighted by molar-refractivity contribution is 5.83. The molecule has 1 amide bonds. The van der Waals surface area contributed by atoms with Gasteiger partial charge in [0.25, 0.3) is 0 Å². The molecule has 0 spiro atoms. The lowest BCUT2D eigenvalue weighted by Crippen LogP contribution is -2.39. The van der Waals surface area contributed by atoms with E-state index in [1.165, 1.54) is 12.1 Å². The zero-order valence-electron chi connectivity index (χ0n) is 18.0. The molecule has 0 aliphatic heterocycles. The highest BCUT2D eigenvalue weighted by atomic mass is 19.4. The summed E-state index contributed by atoms with van der Waals surface area (Å²) in [7, 11) is 1.63. The van der Waals surface area contributed by atoms with Crippen LogP contribution < -0.4 is 5.32 Å². The van der Waals surface area contributed by atoms with Crippen LogP contribution in [0.1, 0.15) is 23.1 Å². The standard InChI is InChI=1S/C24H28F3N3O2/c1-32-14-4-12-28-16-23(31)30(17-18-7-9-20(10-8-18)24(25,26)27)13-11-19-15-29-22-6-3-2-5-21(19)22/h2-3,5-10,15,28-29H,4,11-14,16-17H2,1H3. The molecule has 0 saturated heterocycles. The third-order valence-corrected chi connectivity index (χ3v) is 5.31. The number of carbonyl (C=O) groups excluding carboxylic acids is 1. The first kappa shape index (κ1) is 23.8. The first-order valence-electron chi connectivity index (χ1n) is 10.6. The van der Waals surface area contributed by atoms with Gasteiger partial charge in [0.05, 0.1) is 12.1 Å². The molecule has 0 fully saturated rings. The monoisotopic (exact) mass is 447 g/mol. The Balaban J connectivity index is 1.67. The summed E-state index contributed by atoms with van der Waals surface area (Å²) in [5, 5.41) is 4.22. The number of hydrogen-bond acceptors (Lipinski definition) is 3. The molecule has 3 aromatic rings. The fourth-order valence-electron chi connectivity index (χ4n) is 3.55. The van der Waals surface area contributed by atoms with E-state index in [4.69, 9.17) is 4.74 Å². The molecule has 3 rings (SSSR count). The topological polar surface area (TPSA) is 57.4 Å². The number of nitrogens with zero attached hydrogens (tertiary/aromatic N) is 1. The SMILES string of the molecule is COCCCNCC(=O)N(CCc1c[nH]c2ccccc12)Cc1ccc(C(F)(F)F)cc1. The summed E-state index contributed by atoms with van der Waals surface area (Å²) in [6.07, 6.45) is -1.01. The number of rotatable bonds is 11. The van der Waals surface area contributed by atoms with E-state index in [1.54, 1.807) is 12.0 Å². The molecule has 8 heteroatoms. The van der Waals surface area contributed by atoms with Gasteiger partial charge in [0.1, 0.15) is 0 Å². The normalized spacial score (nSPS) is 11.8. The molecule has 0 radical (unpaired) electrons. The minimum atomic E-state index is -4.38. The van der Waals surface area contributed by atoms with E-state index in [-0.39, 0.29) is 19.0 Å². The van der Waals surface area contributed by atoms with Crippen LogP contribution in [0.4, 0.5) is 13.2 Å². The Morgan fingerprint density at radius 2 is 1.88 bits per heavy atom. The van der Waals surface area contributed by atoms with Crippen LogP contribution in [0.2, 0.25) is 0 Å². The summed E-state index contributed by atoms with van der Waals surface area (Å²) in [5.74, 6) is -0.0952. The van der Waals surface area contributed by atoms with Crippen molar-refractivity contribution < 1.29 is 22.7 Å². The summed E-state index contributed by atoms with van der Waals surface area (Å²) in [4.78, 5) is 17.8. The van der Waals surface area contributed by atoms with E-state index in [0.29, 0.717) is 31.7 Å². The minimum Gasteiger partial charge on any atom is -0.385 e. The Morgan fingerprint density at radius 1 is 1.12 bits per heavy atom. The second-order valence-electron chi connectivity index (χ2n) is 7.64. The second kappa shape index (κ2) is 11.2. The van der Waals surface area contributed by atoms with Crippen molar-refractivity contribution in [2.45, 2.75) is 25.6 Å². The number of methoxy groups -OCH3 is 1. The Bertz CT molecular complexity index is 1000. The van der Waals surface area contributed by atoms with Crippen LogP contribution in [0.15, 0.2) is 54.7 Å². The summed E-state index contributed by atoms with van der Waals surface area (Å²) >= 11 is 0. The first-order valence-corrected chi connectivity index (χ1v) is 10.6. The number of aromatic amines is 1. The molecule has 5 nitrogen and oxygen atoms in total. The number of ether oxygens (including phenoxy) is 1. The smallest absolute Gasteiger partial charge is 0.385 e. The van der Waals surface area contributed by atoms with Gasteiger partial charge in [-0.25, -0.2) is 0 Å². The molecule has 172 valence electrons. The maximum Gasteiger partial charge on any atom is 0.416 e. The van der Waals surface area contributed by atoms with Crippen molar-refractivity contribution >= 4 is 16.8 Å². The predicted molar refractivity (Wildman–Crippen MR) is 118 cm³/mol. The Hall–Kier alpha value is -2.84. The van der Waals surface area contributed by atoms with Crippen LogP contribution in [-0.4, -0.2) is 49.1 Å². The lowest BCUT2D eigenvalue weighted by atomic mass is 10.1. The fourth-order valence-corrected chi connectivity index (χ4v) is 3.55. The molecule has 2 N–H and O–H groups in total. The van der Waals surface area contributed by atoms with E-state index in [1.807, 2.05) is 30.5 Å². The molecule has 0 saturated carbocycles. The number of fused-ring (bicyclic) bond motifs is 1. The maximum absolute atomic E-state index is 12.9. The van der Waals surface area contributed by atoms with E-state index in [0.717, 1.165) is 35.0 Å². The van der Waals surface area contributed by atoms with E-state index in [2.05, 4.69) is 10.3 Å². The first-order chi connectivity index (χ1) is 15.4. The van der Waals surface area contributed by atoms with Crippen molar-refractivity contribution in [1.82, 2.24) is 15.2 Å². The lowest BCUT2D eigenvalue weighted by Gasteiger charge is -2.23. The molecule has 0 unspecified atom stereocenters. The molecule has 1 aromatic heterocycles. The third kappa shape index (κ3) is 6.58. The number of aromatic nitrogens is 1. The molecule has 0 atom stereocenters. The van der Waals surface area contributed by atoms with Gasteiger partial charge in [-0.05, 0) is 48.7 Å². The van der Waals surface area contributed by atoms with Crippen LogP contribution in [0, 0.1) is 0 Å². The predicted octanol–water partition coefficient (Wildman–Crippen LogP) is 4.38. The number of hydrogen-bond donors (Lipinski definition) is 2. The van der Waals surface area contributed by atoms with Gasteiger partial charge in [0, 0.05) is 43.9 Å². The number of H-pyrrole nitrogens is 1. The average Bonchev–Trinajstić information content (AvgIpc) is 3.19. The average molecular weight is 448 g/mol. The van der Waals surface area contributed by atoms with Crippen molar-refractivity contribution in [2.24, 2.45) is 0 Å². The molecule has 0 aliphatic carbocycles. The second-order valence-corrected chi connectivity index (χ2v) is 7.64. The number of amides is 1. The van der Waals surface area contributed by atoms with Crippen LogP contribution in [-0.2, 0) is 28.7 Å². The van der Waals surface area contributed by atoms with Crippen molar-refractivity contribution in [3.63, 3.8) is 0 Å². The van der Waals surface area contributed by atoms with Crippen LogP contribution in [0.3, 0.4) is 0 Å². The molecule has 32 heavy (non-hydrogen) atoms. The Labute approximate surface area is 185 Å². The Kier molecular flexibility index (Phi) is 8.30. The molecule has 0 aliphatic rings. The molecular weight excluding hydrogens is 419 g/mol. The maximum atomic E-state index is 12.9. The number of halogens is 3. The molecule has 2 aromatic carbocycles. The van der Waals surface area contributed by atoms with E-state index in [9.17, 15) is 18.0 Å². The van der Waals surface area contributed by atoms with Crippen LogP contribution in [0.25, 0.3) is 10.9 Å². The minimum absolute atomic E-state index is 0.0952. The zero-order valence-corrected chi connectivity index (χ0v) is 18.0. The quantitative estimate of drug-likeness (QED) is 0.429. The van der Waals surface area contributed by atoms with Crippen molar-refractivity contribution in [3.8, 4) is 0 Å². The number of carbonyl (C=O) groups is 1. The van der Waals surface area contributed by atoms with Gasteiger partial charge >= 0.3 is 6.18 Å². The summed E-state index contributed by atoms with van der Waals surface area (Å²) in [6, 6.07) is 12.9. The van der Waals surface area contributed by atoms with Gasteiger partial charge in [-0.2, -0.15) is 13.2 Å². The number of alkyl halides is 3. The number of nitrogens with one attached hydrogen (secondary N) is 2. The highest BCUT2D eigenvalue weighted by Crippen LogP contribution is 2.29. The van der Waals surface area contributed by atoms with Gasteiger partial charge in [-0.15, -0.1) is 0 Å². The van der Waals surface area contributed by atoms with Crippen molar-refractivity contribution in [2.75, 3.05) is 33.4 Å². The van der Waals surface area contributed by atoms with Crippen molar-refractivity contribution in [1.29, 1.82) is 0 Å². The van der Waals surface area contributed by atoms with Gasteiger partial charge in [-0.1, -0.05) is 30.3 Å². The van der Waals surface area contributed by atoms with Crippen molar-refractivity contribution in [3.05, 3.63) is 71.4 Å². The molecular formula is C24H28F3N3O2. The lowest BCUT2D eigenvalue weighted by molar-refractivity contribution is -0.137. The Morgan fingerprint density at radius 3 is 2.59 bits per heavy atom. The fraction of sp³-hybridized carbons (Fsp3) is 0.375. The summed E-state index contributed by atoms with van der Waals surface area (Å²) in [6.45, 7) is 2.13. The van der Waals surface area contributed by atoms with Gasteiger partial charge in [-0.3, -0.25) is 4.79 Å². The molecule has 1 heterocycles. The molecule has 0 bridgehead atoms. The summed E-state index contributed by atoms with van der Waals surface area (Å²) < 4.78 is 43.6. The van der Waals surface area contributed by atoms with Gasteiger partial charge in [0.2, 0.25) is 5.91 Å². The summed E-state index contributed by atoms with van der Waals surface area (Å²) in [5.41, 5.74) is 2.09. The largest absolute Gasteiger partial charge is 0.416 e. The van der Waals surface area contributed by atoms with E-state index >= 15 is 0 Å². The third-order valence-electron chi connectivity index (χ3n) is 5.31. The number of para-hydroxylation sites is 1.